The predicted molar refractivity (Wildman–Crippen MR) is 384 cm³/mol. The summed E-state index contributed by atoms with van der Waals surface area (Å²) in [6.07, 6.45) is 25.3. The van der Waals surface area contributed by atoms with Crippen LogP contribution in [0.3, 0.4) is 0 Å². The quantitative estimate of drug-likeness (QED) is 0.0293. The van der Waals surface area contributed by atoms with Gasteiger partial charge in [-0.15, -0.1) is 0 Å². The highest BCUT2D eigenvalue weighted by Gasteiger charge is 2.32. The summed E-state index contributed by atoms with van der Waals surface area (Å²) in [5.74, 6) is 2.43. The number of hydrogen-bond donors (Lipinski definition) is 4. The molecule has 2 atom stereocenters. The van der Waals surface area contributed by atoms with Crippen molar-refractivity contribution in [2.75, 3.05) is 26.3 Å². The van der Waals surface area contributed by atoms with Gasteiger partial charge >= 0.3 is 0 Å². The SMILES string of the molecule is CCCCCCC(C)(C)c1cc2c(O)c(c1)Cc1cc(C(C)(C)CCCCCC)cc(c1OCCN[C@@H](C)c1ccccc1)Cc1cc(C(C)(C)CCCCCC)cc(c1O)Cc1cc(C(C)(C)CCCCCC)cc(c1OCCN[C@@H](C)c1ccccc1)C2. The van der Waals surface area contributed by atoms with E-state index in [1.165, 1.54) is 110 Å². The molecule has 0 amide bonds. The molecule has 0 saturated carbocycles. The highest BCUT2D eigenvalue weighted by atomic mass is 16.5. The van der Waals surface area contributed by atoms with Crippen molar-refractivity contribution in [1.82, 2.24) is 10.6 Å². The molecular formula is C84H122N2O4. The van der Waals surface area contributed by atoms with Gasteiger partial charge in [0.25, 0.3) is 0 Å². The van der Waals surface area contributed by atoms with Crippen molar-refractivity contribution < 1.29 is 19.7 Å². The Morgan fingerprint density at radius 1 is 0.356 bits per heavy atom. The highest BCUT2D eigenvalue weighted by Crippen LogP contribution is 2.46. The highest BCUT2D eigenvalue weighted by molar-refractivity contribution is 5.60. The average molecular weight is 1220 g/mol. The number of benzene rings is 6. The number of nitrogens with one attached hydrogen (secondary N) is 2. The van der Waals surface area contributed by atoms with Gasteiger partial charge in [0.2, 0.25) is 0 Å². The number of hydrogen-bond acceptors (Lipinski definition) is 6. The maximum absolute atomic E-state index is 13.4. The average Bonchev–Trinajstić information content (AvgIpc) is 0.927. The first-order chi connectivity index (χ1) is 43.1. The molecule has 0 spiro atoms. The van der Waals surface area contributed by atoms with Crippen LogP contribution in [0, 0.1) is 0 Å². The molecule has 0 aliphatic heterocycles. The number of phenols is 2. The second-order valence-corrected chi connectivity index (χ2v) is 29.9. The number of rotatable bonds is 36. The van der Waals surface area contributed by atoms with Gasteiger partial charge in [0.1, 0.15) is 36.2 Å². The van der Waals surface area contributed by atoms with Crippen LogP contribution >= 0.6 is 0 Å². The minimum atomic E-state index is -0.157. The van der Waals surface area contributed by atoms with E-state index in [-0.39, 0.29) is 33.7 Å². The Morgan fingerprint density at radius 2 is 0.600 bits per heavy atom. The Morgan fingerprint density at radius 3 is 0.844 bits per heavy atom. The first-order valence-corrected chi connectivity index (χ1v) is 36.0. The molecular weight excluding hydrogens is 1100 g/mol. The lowest BCUT2D eigenvalue weighted by Gasteiger charge is -2.31. The van der Waals surface area contributed by atoms with Gasteiger partial charge in [-0.1, -0.05) is 295 Å². The second kappa shape index (κ2) is 34.4. The summed E-state index contributed by atoms with van der Waals surface area (Å²) >= 11 is 0. The molecule has 6 heteroatoms. The van der Waals surface area contributed by atoms with E-state index in [0.717, 1.165) is 107 Å². The van der Waals surface area contributed by atoms with Crippen molar-refractivity contribution in [1.29, 1.82) is 0 Å². The summed E-state index contributed by atoms with van der Waals surface area (Å²) in [6.45, 7) is 35.2. The van der Waals surface area contributed by atoms with Gasteiger partial charge in [-0.3, -0.25) is 0 Å². The normalized spacial score (nSPS) is 13.8. The third-order valence-electron chi connectivity index (χ3n) is 20.5. The van der Waals surface area contributed by atoms with Crippen molar-refractivity contribution >= 4 is 0 Å². The van der Waals surface area contributed by atoms with Crippen LogP contribution in [0.1, 0.15) is 315 Å². The van der Waals surface area contributed by atoms with Gasteiger partial charge in [-0.25, -0.2) is 0 Å². The fourth-order valence-electron chi connectivity index (χ4n) is 14.0. The summed E-state index contributed by atoms with van der Waals surface area (Å²) in [7, 11) is 0. The maximum Gasteiger partial charge on any atom is 0.126 e. The fraction of sp³-hybridized carbons (Fsp3) is 0.571. The Kier molecular flexibility index (Phi) is 27.5. The van der Waals surface area contributed by atoms with Crippen LogP contribution < -0.4 is 20.1 Å². The van der Waals surface area contributed by atoms with Crippen molar-refractivity contribution in [2.45, 2.75) is 285 Å². The van der Waals surface area contributed by atoms with Gasteiger partial charge in [0.15, 0.2) is 0 Å². The number of fused-ring (bicyclic) bond motifs is 8. The van der Waals surface area contributed by atoms with Gasteiger partial charge in [-0.2, -0.15) is 0 Å². The third kappa shape index (κ3) is 20.2. The van der Waals surface area contributed by atoms with Crippen LogP contribution in [0.4, 0.5) is 0 Å². The van der Waals surface area contributed by atoms with E-state index in [4.69, 9.17) is 9.47 Å². The molecule has 0 aromatic heterocycles. The molecule has 0 fully saturated rings. The minimum Gasteiger partial charge on any atom is -0.507 e. The summed E-state index contributed by atoms with van der Waals surface area (Å²) in [5, 5.41) is 34.4. The topological polar surface area (TPSA) is 83.0 Å². The van der Waals surface area contributed by atoms with Crippen LogP contribution in [-0.2, 0) is 47.3 Å². The largest absolute Gasteiger partial charge is 0.507 e. The zero-order chi connectivity index (χ0) is 64.9. The molecule has 6 aromatic carbocycles. The zero-order valence-corrected chi connectivity index (χ0v) is 59.1. The van der Waals surface area contributed by atoms with Gasteiger partial charge in [-0.05, 0) is 139 Å². The van der Waals surface area contributed by atoms with E-state index < -0.39 is 0 Å². The Hall–Kier alpha value is -5.56. The Labute approximate surface area is 548 Å². The molecule has 0 unspecified atom stereocenters. The molecule has 0 heterocycles. The molecule has 0 saturated heterocycles. The first-order valence-electron chi connectivity index (χ1n) is 36.0. The number of aromatic hydroxyl groups is 2. The molecule has 4 N–H and O–H groups in total. The number of unbranched alkanes of at least 4 members (excludes halogenated alkanes) is 12. The Balaban J connectivity index is 1.51. The van der Waals surface area contributed by atoms with Crippen LogP contribution in [0.2, 0.25) is 0 Å². The van der Waals surface area contributed by atoms with Crippen molar-refractivity contribution in [2.24, 2.45) is 0 Å². The maximum atomic E-state index is 13.4. The molecule has 6 nitrogen and oxygen atoms in total. The summed E-state index contributed by atoms with van der Waals surface area (Å²) in [5.41, 5.74) is 15.0. The molecule has 1 aliphatic rings. The lowest BCUT2D eigenvalue weighted by molar-refractivity contribution is 0.301. The molecule has 8 bridgehead atoms. The second-order valence-electron chi connectivity index (χ2n) is 29.9. The van der Waals surface area contributed by atoms with Crippen LogP contribution in [0.25, 0.3) is 0 Å². The number of phenolic OH excluding ortho intramolecular Hbond substituents is 2. The minimum absolute atomic E-state index is 0.147. The molecule has 0 radical (unpaired) electrons. The summed E-state index contributed by atoms with van der Waals surface area (Å²) in [4.78, 5) is 0. The lowest BCUT2D eigenvalue weighted by Crippen LogP contribution is -2.25. The van der Waals surface area contributed by atoms with E-state index in [1.807, 2.05) is 0 Å². The smallest absolute Gasteiger partial charge is 0.126 e. The van der Waals surface area contributed by atoms with Crippen molar-refractivity contribution in [3.05, 3.63) is 187 Å². The van der Waals surface area contributed by atoms with E-state index >= 15 is 0 Å². The van der Waals surface area contributed by atoms with Crippen LogP contribution in [0.15, 0.2) is 109 Å². The third-order valence-corrected chi connectivity index (χ3v) is 20.5. The van der Waals surface area contributed by atoms with Crippen LogP contribution in [0.5, 0.6) is 23.0 Å². The number of ether oxygens (including phenoxy) is 2. The molecule has 6 aromatic rings. The van der Waals surface area contributed by atoms with Crippen molar-refractivity contribution in [3.63, 3.8) is 0 Å². The fourth-order valence-corrected chi connectivity index (χ4v) is 14.0. The Bertz CT molecular complexity index is 2830. The molecule has 492 valence electrons. The van der Waals surface area contributed by atoms with Crippen molar-refractivity contribution in [3.8, 4) is 23.0 Å². The lowest BCUT2D eigenvalue weighted by atomic mass is 9.75. The van der Waals surface area contributed by atoms with Gasteiger partial charge in [0.05, 0.1) is 0 Å². The zero-order valence-electron chi connectivity index (χ0n) is 59.1. The monoisotopic (exact) mass is 1220 g/mol. The standard InChI is InChI=1S/C84H122N2O4/c1-15-19-23-33-41-81(7,8)73-53-65-49-69-57-75(83(11,12)43-35-25-21-17-3)59-71(79(69)89-47-45-85-61(5)63-37-29-27-30-38-63)51-67-55-74(82(9,10)42-34-24-20-16-2)56-68(78(67)88)52-72-60-76(84(13,14)44-36-26-22-18-4)58-70(50-66(54-73)77(65)87)80(72)90-48-46-86-62(6)64-39-31-28-32-40-64/h27-32,37-40,53-62,85-88H,15-26,33-36,41-52H2,1-14H3/t61-,62-/m0/s1. The molecule has 7 rings (SSSR count). The predicted octanol–water partition coefficient (Wildman–Crippen LogP) is 22.2. The van der Waals surface area contributed by atoms with Crippen LogP contribution in [-0.4, -0.2) is 36.5 Å². The van der Waals surface area contributed by atoms with E-state index in [2.05, 4.69) is 217 Å². The summed E-state index contributed by atoms with van der Waals surface area (Å²) in [6, 6.07) is 40.7. The first kappa shape index (κ1) is 71.9. The van der Waals surface area contributed by atoms with Gasteiger partial charge < -0.3 is 30.3 Å². The van der Waals surface area contributed by atoms with E-state index in [9.17, 15) is 10.2 Å². The van der Waals surface area contributed by atoms with E-state index in [1.54, 1.807) is 0 Å². The van der Waals surface area contributed by atoms with Gasteiger partial charge in [0, 0.05) is 50.9 Å². The summed E-state index contributed by atoms with van der Waals surface area (Å²) < 4.78 is 14.7. The molecule has 90 heavy (non-hydrogen) atoms. The van der Waals surface area contributed by atoms with E-state index in [0.29, 0.717) is 63.5 Å². The molecule has 1 aliphatic carbocycles.